The molecule has 0 aromatic carbocycles. The molecule has 0 aliphatic carbocycles. The highest BCUT2D eigenvalue weighted by Gasteiger charge is 2.08. The third-order valence-electron chi connectivity index (χ3n) is 2.68. The lowest BCUT2D eigenvalue weighted by Gasteiger charge is -2.05. The van der Waals surface area contributed by atoms with Gasteiger partial charge >= 0.3 is 0 Å². The first-order valence-electron chi connectivity index (χ1n) is 6.55. The van der Waals surface area contributed by atoms with E-state index < -0.39 is 0 Å². The summed E-state index contributed by atoms with van der Waals surface area (Å²) in [5.74, 6) is 0.890. The van der Waals surface area contributed by atoms with Gasteiger partial charge in [0.05, 0.1) is 0 Å². The summed E-state index contributed by atoms with van der Waals surface area (Å²) in [5, 5.41) is 20.0. The van der Waals surface area contributed by atoms with E-state index in [-0.39, 0.29) is 0 Å². The van der Waals surface area contributed by atoms with Gasteiger partial charge in [0.1, 0.15) is 17.8 Å². The van der Waals surface area contributed by atoms with Crippen molar-refractivity contribution in [1.82, 2.24) is 20.3 Å². The van der Waals surface area contributed by atoms with Crippen molar-refractivity contribution in [1.29, 1.82) is 0 Å². The number of hydrogen-bond acceptors (Lipinski definition) is 8. The van der Waals surface area contributed by atoms with Crippen LogP contribution < -0.4 is 10.6 Å². The van der Waals surface area contributed by atoms with Crippen LogP contribution >= 0.6 is 11.3 Å². The first-order valence-corrected chi connectivity index (χ1v) is 7.36. The summed E-state index contributed by atoms with van der Waals surface area (Å²) in [6.07, 6.45) is 4.25. The molecule has 0 saturated carbocycles. The lowest BCUT2D eigenvalue weighted by atomic mass is 10.4. The minimum Gasteiger partial charge on any atom is -0.370 e. The van der Waals surface area contributed by atoms with Gasteiger partial charge in [0.2, 0.25) is 5.13 Å². The fourth-order valence-corrected chi connectivity index (χ4v) is 2.42. The van der Waals surface area contributed by atoms with E-state index in [1.165, 1.54) is 17.6 Å². The van der Waals surface area contributed by atoms with Crippen LogP contribution in [0, 0.1) is 0 Å². The van der Waals surface area contributed by atoms with Crippen molar-refractivity contribution >= 4 is 22.3 Å². The maximum atomic E-state index is 4.79. The molecule has 0 spiro atoms. The van der Waals surface area contributed by atoms with Gasteiger partial charge < -0.3 is 15.2 Å². The molecule has 0 saturated heterocycles. The summed E-state index contributed by atoms with van der Waals surface area (Å²) in [5.41, 5.74) is 0.706. The molecule has 0 amide bonds. The zero-order valence-electron chi connectivity index (χ0n) is 11.2. The molecule has 21 heavy (non-hydrogen) atoms. The van der Waals surface area contributed by atoms with E-state index in [9.17, 15) is 0 Å². The number of nitrogens with one attached hydrogen (secondary N) is 2. The van der Waals surface area contributed by atoms with Gasteiger partial charge in [-0.3, -0.25) is 0 Å². The Morgan fingerprint density at radius 3 is 2.86 bits per heavy atom. The molecule has 0 fully saturated rings. The van der Waals surface area contributed by atoms with Crippen LogP contribution in [0.3, 0.4) is 0 Å². The van der Waals surface area contributed by atoms with Crippen LogP contribution in [0.4, 0.5) is 10.9 Å². The predicted octanol–water partition coefficient (Wildman–Crippen LogP) is 2.50. The minimum absolute atomic E-state index is 0.706. The summed E-state index contributed by atoms with van der Waals surface area (Å²) in [6, 6.07) is 7.57. The fourth-order valence-electron chi connectivity index (χ4n) is 1.69. The van der Waals surface area contributed by atoms with E-state index >= 15 is 0 Å². The Hall–Kier alpha value is -2.48. The van der Waals surface area contributed by atoms with E-state index in [1.54, 1.807) is 12.3 Å². The topological polar surface area (TPSA) is 88.8 Å². The quantitative estimate of drug-likeness (QED) is 0.648. The molecule has 3 aromatic rings. The van der Waals surface area contributed by atoms with Gasteiger partial charge in [-0.1, -0.05) is 22.6 Å². The second-order valence-electron chi connectivity index (χ2n) is 4.22. The molecule has 0 bridgehead atoms. The molecule has 0 aliphatic heterocycles. The Balaban J connectivity index is 1.40. The molecular formula is C13H14N6OS. The van der Waals surface area contributed by atoms with Gasteiger partial charge in [0.25, 0.3) is 0 Å². The predicted molar refractivity (Wildman–Crippen MR) is 81.2 cm³/mol. The van der Waals surface area contributed by atoms with Gasteiger partial charge in [-0.25, -0.2) is 4.98 Å². The molecule has 0 radical (unpaired) electrons. The lowest BCUT2D eigenvalue weighted by molar-refractivity contribution is 0.422. The molecule has 3 rings (SSSR count). The number of pyridine rings is 1. The third-order valence-corrected chi connectivity index (χ3v) is 3.59. The first-order chi connectivity index (χ1) is 10.4. The Kier molecular flexibility index (Phi) is 4.37. The number of anilines is 2. The highest BCUT2D eigenvalue weighted by molar-refractivity contribution is 7.18. The van der Waals surface area contributed by atoms with Crippen LogP contribution in [0.25, 0.3) is 10.7 Å². The smallest absolute Gasteiger partial charge is 0.206 e. The lowest BCUT2D eigenvalue weighted by Crippen LogP contribution is -2.09. The van der Waals surface area contributed by atoms with E-state index in [1.807, 2.05) is 18.2 Å². The molecular weight excluding hydrogens is 288 g/mol. The van der Waals surface area contributed by atoms with E-state index in [4.69, 9.17) is 4.52 Å². The van der Waals surface area contributed by atoms with Gasteiger partial charge in [-0.05, 0) is 18.6 Å². The molecule has 0 aliphatic rings. The Bertz CT molecular complexity index is 654. The minimum atomic E-state index is 0.706. The highest BCUT2D eigenvalue weighted by Crippen LogP contribution is 2.24. The van der Waals surface area contributed by atoms with Gasteiger partial charge in [0.15, 0.2) is 5.01 Å². The molecule has 0 unspecified atom stereocenters. The number of nitrogens with zero attached hydrogens (tertiary/aromatic N) is 4. The van der Waals surface area contributed by atoms with E-state index in [0.29, 0.717) is 5.69 Å². The average molecular weight is 302 g/mol. The highest BCUT2D eigenvalue weighted by atomic mass is 32.1. The van der Waals surface area contributed by atoms with Gasteiger partial charge in [-0.15, -0.1) is 10.2 Å². The average Bonchev–Trinajstić information content (AvgIpc) is 3.19. The fraction of sp³-hybridized carbons (Fsp3) is 0.231. The number of rotatable bonds is 7. The monoisotopic (exact) mass is 302 g/mol. The zero-order valence-corrected chi connectivity index (χ0v) is 12.0. The Morgan fingerprint density at radius 2 is 2.05 bits per heavy atom. The van der Waals surface area contributed by atoms with Crippen LogP contribution in [0.2, 0.25) is 0 Å². The van der Waals surface area contributed by atoms with Crippen molar-refractivity contribution in [3.8, 4) is 10.7 Å². The van der Waals surface area contributed by atoms with E-state index in [2.05, 4.69) is 31.0 Å². The van der Waals surface area contributed by atoms with Gasteiger partial charge in [-0.2, -0.15) is 0 Å². The summed E-state index contributed by atoms with van der Waals surface area (Å²) in [4.78, 5) is 4.20. The molecule has 0 atom stereocenters. The van der Waals surface area contributed by atoms with Crippen LogP contribution in [0.1, 0.15) is 6.42 Å². The third kappa shape index (κ3) is 3.76. The van der Waals surface area contributed by atoms with Crippen molar-refractivity contribution in [3.05, 3.63) is 36.7 Å². The molecule has 8 heteroatoms. The SMILES string of the molecule is c1ccc(NCCCNc2nnc(-c3ccon3)s2)nc1. The van der Waals surface area contributed by atoms with Crippen LogP contribution in [0.5, 0.6) is 0 Å². The number of aromatic nitrogens is 4. The van der Waals surface area contributed by atoms with Crippen molar-refractivity contribution in [2.75, 3.05) is 23.7 Å². The molecule has 7 nitrogen and oxygen atoms in total. The summed E-state index contributed by atoms with van der Waals surface area (Å²) in [6.45, 7) is 1.66. The normalized spacial score (nSPS) is 10.5. The number of hydrogen-bond donors (Lipinski definition) is 2. The van der Waals surface area contributed by atoms with Crippen molar-refractivity contribution < 1.29 is 4.52 Å². The largest absolute Gasteiger partial charge is 0.370 e. The second kappa shape index (κ2) is 6.80. The van der Waals surface area contributed by atoms with E-state index in [0.717, 1.165) is 35.5 Å². The zero-order chi connectivity index (χ0) is 14.3. The standard InChI is InChI=1S/C13H14N6OS/c1-2-6-14-11(4-1)15-7-3-8-16-13-18-17-12(21-13)10-5-9-20-19-10/h1-2,4-6,9H,3,7-8H2,(H,14,15)(H,16,18). The van der Waals surface area contributed by atoms with Crippen LogP contribution in [-0.2, 0) is 0 Å². The first kappa shape index (κ1) is 13.5. The van der Waals surface area contributed by atoms with Crippen molar-refractivity contribution in [2.24, 2.45) is 0 Å². The molecule has 3 heterocycles. The van der Waals surface area contributed by atoms with Crippen molar-refractivity contribution in [2.45, 2.75) is 6.42 Å². The Morgan fingerprint density at radius 1 is 1.10 bits per heavy atom. The molecule has 3 aromatic heterocycles. The summed E-state index contributed by atoms with van der Waals surface area (Å²) in [7, 11) is 0. The van der Waals surface area contributed by atoms with Gasteiger partial charge in [0, 0.05) is 25.4 Å². The maximum Gasteiger partial charge on any atom is 0.206 e. The second-order valence-corrected chi connectivity index (χ2v) is 5.20. The van der Waals surface area contributed by atoms with Crippen LogP contribution in [0.15, 0.2) is 41.2 Å². The van der Waals surface area contributed by atoms with Crippen LogP contribution in [-0.4, -0.2) is 33.4 Å². The summed E-state index contributed by atoms with van der Waals surface area (Å²) < 4.78 is 4.79. The molecule has 2 N–H and O–H groups in total. The molecule has 108 valence electrons. The summed E-state index contributed by atoms with van der Waals surface area (Å²) >= 11 is 1.46. The maximum absolute atomic E-state index is 4.79. The van der Waals surface area contributed by atoms with Crippen molar-refractivity contribution in [3.63, 3.8) is 0 Å². The Labute approximate surface area is 125 Å².